The number of ether oxygens (including phenoxy) is 1. The minimum atomic E-state index is -5.08. The lowest BCUT2D eigenvalue weighted by Crippen LogP contribution is -2.17. The minimum Gasteiger partial charge on any atom is -0.406 e. The van der Waals surface area contributed by atoms with Crippen molar-refractivity contribution in [2.24, 2.45) is 0 Å². The van der Waals surface area contributed by atoms with Crippen molar-refractivity contribution in [1.82, 2.24) is 0 Å². The Morgan fingerprint density at radius 3 is 1.33 bits per heavy atom. The van der Waals surface area contributed by atoms with Gasteiger partial charge in [-0.25, -0.2) is 14.5 Å². The van der Waals surface area contributed by atoms with E-state index in [-0.39, 0.29) is 128 Å². The molecule has 0 radical (unpaired) electrons. The Hall–Kier alpha value is -12.0. The lowest BCUT2D eigenvalue weighted by molar-refractivity contribution is -0.274. The molecule has 0 aliphatic heterocycles. The van der Waals surface area contributed by atoms with Crippen LogP contribution in [0.4, 0.5) is 24.5 Å². The molecule has 7 aromatic carbocycles. The fraction of sp³-hybridized carbons (Fsp3) is 0.0323. The van der Waals surface area contributed by atoms with E-state index < -0.39 is 12.1 Å². The van der Waals surface area contributed by atoms with Crippen LogP contribution in [0.15, 0.2) is 133 Å². The first-order valence-corrected chi connectivity index (χ1v) is 22.4. The smallest absolute Gasteiger partial charge is 0.406 e. The van der Waals surface area contributed by atoms with Crippen molar-refractivity contribution < 1.29 is 17.9 Å². The zero-order chi connectivity index (χ0) is 54.0. The third-order valence-corrected chi connectivity index (χ3v) is 12.7. The summed E-state index contributed by atoms with van der Waals surface area (Å²) in [6.45, 7) is 26.9. The summed E-state index contributed by atoms with van der Waals surface area (Å²) in [5.74, 6) is -0.606. The molecule has 14 heteroatoms. The van der Waals surface area contributed by atoms with Crippen molar-refractivity contribution in [1.29, 1.82) is 36.8 Å². The summed E-state index contributed by atoms with van der Waals surface area (Å²) in [4.78, 5) is 11.4. The van der Waals surface area contributed by atoms with Gasteiger partial charge in [0.25, 0.3) is 0 Å². The van der Waals surface area contributed by atoms with Gasteiger partial charge in [0.05, 0.1) is 83.0 Å². The summed E-state index contributed by atoms with van der Waals surface area (Å²) in [6.07, 6.45) is -5.08. The molecule has 11 nitrogen and oxygen atoms in total. The Labute approximate surface area is 432 Å². The highest BCUT2D eigenvalue weighted by molar-refractivity contribution is 6.38. The maximum atomic E-state index is 13.6. The van der Waals surface area contributed by atoms with Crippen LogP contribution in [0.3, 0.4) is 0 Å². The number of hydrogen-bond acceptors (Lipinski definition) is 8. The minimum absolute atomic E-state index is 0.00605. The van der Waals surface area contributed by atoms with E-state index in [1.165, 1.54) is 72.8 Å². The second kappa shape index (κ2) is 19.6. The van der Waals surface area contributed by atoms with E-state index in [1.807, 2.05) is 31.2 Å². The van der Waals surface area contributed by atoms with Crippen molar-refractivity contribution in [2.45, 2.75) is 13.3 Å². The van der Waals surface area contributed by atoms with Crippen molar-refractivity contribution >= 4 is 56.1 Å². The van der Waals surface area contributed by atoms with E-state index in [2.05, 4.69) is 49.6 Å². The molecule has 0 saturated heterocycles. The Balaban J connectivity index is 1.64. The molecular formula is C62H25F3N10O. The van der Waals surface area contributed by atoms with Crippen LogP contribution in [0.25, 0.3) is 81.5 Å². The van der Waals surface area contributed by atoms with Crippen LogP contribution in [0.2, 0.25) is 0 Å². The van der Waals surface area contributed by atoms with Gasteiger partial charge in [-0.2, -0.15) is 36.8 Å². The Morgan fingerprint density at radius 2 is 0.882 bits per heavy atom. The quantitative estimate of drug-likeness (QED) is 0.111. The molecule has 0 unspecified atom stereocenters. The van der Waals surface area contributed by atoms with Gasteiger partial charge in [-0.1, -0.05) is 84.4 Å². The second-order valence-electron chi connectivity index (χ2n) is 17.0. The van der Waals surface area contributed by atoms with Crippen LogP contribution in [0.1, 0.15) is 72.3 Å². The summed E-state index contributed by atoms with van der Waals surface area (Å²) in [5.41, 5.74) is 3.69. The van der Waals surface area contributed by atoms with Gasteiger partial charge in [0.1, 0.15) is 24.0 Å². The molecule has 0 spiro atoms. The van der Waals surface area contributed by atoms with Gasteiger partial charge in [0, 0.05) is 22.3 Å². The third kappa shape index (κ3) is 8.47. The third-order valence-electron chi connectivity index (χ3n) is 12.7. The van der Waals surface area contributed by atoms with Crippen molar-refractivity contribution in [3.8, 4) is 70.5 Å². The highest BCUT2D eigenvalue weighted by Crippen LogP contribution is 2.64. The number of rotatable bonds is 7. The zero-order valence-electron chi connectivity index (χ0n) is 39.2. The number of halogens is 3. The number of aryl methyl sites for hydroxylation is 1. The van der Waals surface area contributed by atoms with E-state index in [0.29, 0.717) is 16.7 Å². The number of allylic oxidation sites excluding steroid dienone is 7. The average Bonchev–Trinajstić information content (AvgIpc) is 4.10. The van der Waals surface area contributed by atoms with Gasteiger partial charge in [-0.3, -0.25) is 0 Å². The van der Waals surface area contributed by atoms with Crippen LogP contribution < -0.4 is 4.74 Å². The molecule has 350 valence electrons. The maximum Gasteiger partial charge on any atom is 0.573 e. The van der Waals surface area contributed by atoms with E-state index in [9.17, 15) is 50.0 Å². The molecule has 0 saturated carbocycles. The van der Waals surface area contributed by atoms with E-state index in [0.717, 1.165) is 17.7 Å². The van der Waals surface area contributed by atoms with Crippen molar-refractivity contribution in [2.75, 3.05) is 0 Å². The van der Waals surface area contributed by atoms with Crippen LogP contribution in [0.5, 0.6) is 5.75 Å². The fourth-order valence-electron chi connectivity index (χ4n) is 9.62. The van der Waals surface area contributed by atoms with Gasteiger partial charge in [-0.05, 0) is 128 Å². The highest BCUT2D eigenvalue weighted by Gasteiger charge is 2.44. The maximum absolute atomic E-state index is 13.6. The normalized spacial score (nSPS) is 13.3. The summed E-state index contributed by atoms with van der Waals surface area (Å²) < 4.78 is 45.1. The first-order valence-electron chi connectivity index (χ1n) is 22.4. The van der Waals surface area contributed by atoms with E-state index in [4.69, 9.17) is 19.7 Å². The molecule has 0 bridgehead atoms. The summed E-state index contributed by atoms with van der Waals surface area (Å²) >= 11 is 0. The van der Waals surface area contributed by atoms with Crippen LogP contribution in [0, 0.1) is 106 Å². The first kappa shape index (κ1) is 49.0. The van der Waals surface area contributed by atoms with Crippen LogP contribution in [-0.2, 0) is 0 Å². The average molecular weight is 983 g/mol. The molecular weight excluding hydrogens is 958 g/mol. The van der Waals surface area contributed by atoms with Gasteiger partial charge >= 0.3 is 6.36 Å². The number of alkyl halides is 3. The Kier molecular flexibility index (Phi) is 12.7. The predicted molar refractivity (Wildman–Crippen MR) is 277 cm³/mol. The number of fused-ring (bicyclic) bond motifs is 2. The number of benzene rings is 7. The Morgan fingerprint density at radius 1 is 0.447 bits per heavy atom. The molecule has 0 heterocycles. The molecule has 2 aliphatic rings. The van der Waals surface area contributed by atoms with Crippen LogP contribution in [-0.4, -0.2) is 6.36 Å². The van der Waals surface area contributed by atoms with Gasteiger partial charge in [0.2, 0.25) is 5.70 Å². The zero-order valence-corrected chi connectivity index (χ0v) is 39.2. The van der Waals surface area contributed by atoms with Crippen molar-refractivity contribution in [3.05, 3.63) is 240 Å². The lowest BCUT2D eigenvalue weighted by atomic mass is 9.77. The summed E-state index contributed by atoms with van der Waals surface area (Å²) in [6, 6.07) is 47.8. The predicted octanol–water partition coefficient (Wildman–Crippen LogP) is 14.9. The molecule has 0 N–H and O–H groups in total. The summed E-state index contributed by atoms with van der Waals surface area (Å²) in [5, 5.41) is 75.6. The molecule has 0 aromatic heterocycles. The molecule has 7 aromatic rings. The highest BCUT2D eigenvalue weighted by atomic mass is 19.4. The molecule has 0 fully saturated rings. The molecule has 9 rings (SSSR count). The standard InChI is InChI=1S/C62H25F3N10O/c1-34-5-11-42(12-6-34)54-56(49(32-71)44-24-45(73-2)26-46(25-44)74-3)59-53(41-15-9-36(28-67)10-16-41)58-55(48(31-70)43-22-37(29-68)21-38(23-43)30-69)51(39-17-19-47(20-18-39)76-62(63,64)65)50(33-72)57(58)52(60(59)61(54)75-4)40-13-7-35(27-66)8-14-40/h5-26H,1H3/b55-48+,56-49+. The Bertz CT molecular complexity index is 4250. The topological polar surface area (TPSA) is 189 Å². The lowest BCUT2D eigenvalue weighted by Gasteiger charge is -2.25. The first-order chi connectivity index (χ1) is 36.8. The fourth-order valence-corrected chi connectivity index (χ4v) is 9.62. The van der Waals surface area contributed by atoms with Gasteiger partial charge in [-0.15, -0.1) is 13.2 Å². The molecule has 76 heavy (non-hydrogen) atoms. The molecule has 2 aliphatic carbocycles. The van der Waals surface area contributed by atoms with Crippen LogP contribution >= 0.6 is 0 Å². The van der Waals surface area contributed by atoms with Gasteiger partial charge in [0.15, 0.2) is 11.4 Å². The number of nitriles is 7. The SMILES string of the molecule is [C-]#[N+]C1=C(c2ccc(C)cc2)/C(=C(/C#N)c2cc([N+]#[C-])cc([N+]#[C-])c2)c2c1c(-c1ccc(C#N)cc1)c1c(c2-c2ccc(C#N)cc2)/C(=C(\C#N)c2cc(C#N)cc(C#N)c2)C(c2ccc(OC(F)(F)F)cc2)=C1C#N. The van der Waals surface area contributed by atoms with E-state index in [1.54, 1.807) is 36.4 Å². The number of hydrogen-bond donors (Lipinski definition) is 0. The second-order valence-corrected chi connectivity index (χ2v) is 17.0. The number of nitrogens with zero attached hydrogens (tertiary/aromatic N) is 10. The van der Waals surface area contributed by atoms with Gasteiger partial charge < -0.3 is 4.74 Å². The van der Waals surface area contributed by atoms with E-state index >= 15 is 0 Å². The summed E-state index contributed by atoms with van der Waals surface area (Å²) in [7, 11) is 0. The monoisotopic (exact) mass is 982 g/mol. The van der Waals surface area contributed by atoms with Crippen molar-refractivity contribution in [3.63, 3.8) is 0 Å². The largest absolute Gasteiger partial charge is 0.573 e. The molecule has 0 amide bonds. The molecule has 0 atom stereocenters.